The van der Waals surface area contributed by atoms with Crippen LogP contribution in [-0.4, -0.2) is 26.2 Å². The Morgan fingerprint density at radius 1 is 0.857 bits per heavy atom. The molecule has 0 amide bonds. The molecular formula is C17H22O4. The second kappa shape index (κ2) is 7.25. The lowest BCUT2D eigenvalue weighted by molar-refractivity contribution is 0.0554. The van der Waals surface area contributed by atoms with Gasteiger partial charge in [-0.15, -0.1) is 0 Å². The number of aryl methyl sites for hydroxylation is 2. The van der Waals surface area contributed by atoms with Gasteiger partial charge in [0.1, 0.15) is 0 Å². The quantitative estimate of drug-likeness (QED) is 0.784. The fourth-order valence-electron chi connectivity index (χ4n) is 2.90. The van der Waals surface area contributed by atoms with Gasteiger partial charge >= 0.3 is 11.9 Å². The lowest BCUT2D eigenvalue weighted by Crippen LogP contribution is -2.16. The zero-order valence-corrected chi connectivity index (χ0v) is 12.7. The third kappa shape index (κ3) is 3.63. The van der Waals surface area contributed by atoms with Gasteiger partial charge in [-0.2, -0.15) is 0 Å². The number of hydrogen-bond donors (Lipinski definition) is 0. The molecule has 4 nitrogen and oxygen atoms in total. The number of rotatable bonds is 2. The summed E-state index contributed by atoms with van der Waals surface area (Å²) in [5, 5.41) is 0. The van der Waals surface area contributed by atoms with Crippen molar-refractivity contribution in [2.75, 3.05) is 14.2 Å². The molecule has 4 heteroatoms. The highest BCUT2D eigenvalue weighted by atomic mass is 16.5. The highest BCUT2D eigenvalue weighted by molar-refractivity contribution is 6.04. The fraction of sp³-hybridized carbons (Fsp3) is 0.529. The van der Waals surface area contributed by atoms with E-state index in [2.05, 4.69) is 0 Å². The van der Waals surface area contributed by atoms with E-state index in [0.717, 1.165) is 43.2 Å². The molecule has 0 saturated carbocycles. The van der Waals surface area contributed by atoms with Crippen molar-refractivity contribution in [3.63, 3.8) is 0 Å². The Balaban J connectivity index is 2.54. The molecule has 21 heavy (non-hydrogen) atoms. The van der Waals surface area contributed by atoms with Gasteiger partial charge in [-0.3, -0.25) is 0 Å². The van der Waals surface area contributed by atoms with E-state index in [9.17, 15) is 9.59 Å². The Morgan fingerprint density at radius 3 is 2.14 bits per heavy atom. The van der Waals surface area contributed by atoms with E-state index in [4.69, 9.17) is 9.47 Å². The Morgan fingerprint density at radius 2 is 1.48 bits per heavy atom. The van der Waals surface area contributed by atoms with Crippen LogP contribution in [0.3, 0.4) is 0 Å². The number of carbonyl (C=O) groups excluding carboxylic acids is 2. The van der Waals surface area contributed by atoms with E-state index in [0.29, 0.717) is 11.1 Å². The lowest BCUT2D eigenvalue weighted by atomic mass is 9.90. The number of hydrogen-bond acceptors (Lipinski definition) is 4. The number of carbonyl (C=O) groups is 2. The number of fused-ring (bicyclic) bond motifs is 2. The van der Waals surface area contributed by atoms with Crippen LogP contribution in [-0.2, 0) is 22.3 Å². The highest BCUT2D eigenvalue weighted by Crippen LogP contribution is 2.25. The molecule has 2 rings (SSSR count). The van der Waals surface area contributed by atoms with Gasteiger partial charge in [0.05, 0.1) is 25.3 Å². The predicted molar refractivity (Wildman–Crippen MR) is 79.6 cm³/mol. The van der Waals surface area contributed by atoms with Gasteiger partial charge in [0.2, 0.25) is 0 Å². The summed E-state index contributed by atoms with van der Waals surface area (Å²) in [5.41, 5.74) is 2.70. The maximum absolute atomic E-state index is 12.1. The van der Waals surface area contributed by atoms with E-state index in [1.54, 1.807) is 6.07 Å². The van der Waals surface area contributed by atoms with E-state index in [1.165, 1.54) is 27.1 Å². The van der Waals surface area contributed by atoms with Crippen LogP contribution in [0.2, 0.25) is 0 Å². The van der Waals surface area contributed by atoms with E-state index in [-0.39, 0.29) is 0 Å². The molecular weight excluding hydrogens is 268 g/mol. The Bertz CT molecular complexity index is 534. The van der Waals surface area contributed by atoms with Gasteiger partial charge in [0.15, 0.2) is 0 Å². The molecule has 0 aromatic heterocycles. The summed E-state index contributed by atoms with van der Waals surface area (Å²) in [6.45, 7) is 0. The summed E-state index contributed by atoms with van der Waals surface area (Å²) in [6, 6.07) is 3.83. The molecule has 2 bridgehead atoms. The average Bonchev–Trinajstić information content (AvgIpc) is 2.51. The SMILES string of the molecule is COC(=O)c1cc2cc(c1C(=O)OC)CCCCCCC2. The first-order chi connectivity index (χ1) is 10.2. The van der Waals surface area contributed by atoms with Crippen molar-refractivity contribution < 1.29 is 19.1 Å². The van der Waals surface area contributed by atoms with Crippen molar-refractivity contribution in [1.29, 1.82) is 0 Å². The second-order valence-corrected chi connectivity index (χ2v) is 5.43. The molecule has 0 spiro atoms. The lowest BCUT2D eigenvalue weighted by Gasteiger charge is -2.16. The van der Waals surface area contributed by atoms with Crippen LogP contribution in [0.25, 0.3) is 0 Å². The van der Waals surface area contributed by atoms with Gasteiger partial charge in [-0.25, -0.2) is 9.59 Å². The maximum Gasteiger partial charge on any atom is 0.339 e. The minimum atomic E-state index is -0.476. The molecule has 1 aromatic carbocycles. The molecule has 0 N–H and O–H groups in total. The van der Waals surface area contributed by atoms with Crippen LogP contribution in [0, 0.1) is 0 Å². The molecule has 1 aliphatic rings. The van der Waals surface area contributed by atoms with Crippen molar-refractivity contribution >= 4 is 11.9 Å². The number of ether oxygens (including phenoxy) is 2. The van der Waals surface area contributed by atoms with Crippen molar-refractivity contribution in [3.05, 3.63) is 34.4 Å². The van der Waals surface area contributed by atoms with Gasteiger partial charge in [-0.05, 0) is 42.9 Å². The van der Waals surface area contributed by atoms with Gasteiger partial charge in [0, 0.05) is 0 Å². The molecule has 0 heterocycles. The van der Waals surface area contributed by atoms with Crippen LogP contribution in [0.5, 0.6) is 0 Å². The molecule has 0 aliphatic heterocycles. The minimum Gasteiger partial charge on any atom is -0.465 e. The molecule has 114 valence electrons. The summed E-state index contributed by atoms with van der Waals surface area (Å²) >= 11 is 0. The summed E-state index contributed by atoms with van der Waals surface area (Å²) in [7, 11) is 2.67. The van der Waals surface area contributed by atoms with E-state index in [1.807, 2.05) is 6.07 Å². The maximum atomic E-state index is 12.1. The third-order valence-corrected chi connectivity index (χ3v) is 3.99. The number of benzene rings is 1. The fourth-order valence-corrected chi connectivity index (χ4v) is 2.90. The Hall–Kier alpha value is -1.84. The Labute approximate surface area is 125 Å². The molecule has 1 aromatic rings. The highest BCUT2D eigenvalue weighted by Gasteiger charge is 2.23. The van der Waals surface area contributed by atoms with Crippen molar-refractivity contribution in [2.45, 2.75) is 44.9 Å². The smallest absolute Gasteiger partial charge is 0.339 e. The summed E-state index contributed by atoms with van der Waals surface area (Å²) in [6.07, 6.45) is 7.44. The zero-order chi connectivity index (χ0) is 15.2. The van der Waals surface area contributed by atoms with Crippen LogP contribution in [0.4, 0.5) is 0 Å². The van der Waals surface area contributed by atoms with Crippen molar-refractivity contribution in [1.82, 2.24) is 0 Å². The van der Waals surface area contributed by atoms with E-state index >= 15 is 0 Å². The molecule has 0 atom stereocenters. The van der Waals surface area contributed by atoms with Crippen LogP contribution in [0.1, 0.15) is 63.9 Å². The molecule has 1 aliphatic carbocycles. The number of methoxy groups -OCH3 is 2. The van der Waals surface area contributed by atoms with E-state index < -0.39 is 11.9 Å². The molecule has 0 radical (unpaired) electrons. The summed E-state index contributed by atoms with van der Waals surface area (Å²) in [5.74, 6) is -0.940. The average molecular weight is 290 g/mol. The van der Waals surface area contributed by atoms with Crippen LogP contribution in [0.15, 0.2) is 12.1 Å². The first kappa shape index (κ1) is 15.5. The second-order valence-electron chi connectivity index (χ2n) is 5.43. The largest absolute Gasteiger partial charge is 0.465 e. The van der Waals surface area contributed by atoms with Crippen LogP contribution >= 0.6 is 0 Å². The van der Waals surface area contributed by atoms with Crippen molar-refractivity contribution in [2.24, 2.45) is 0 Å². The minimum absolute atomic E-state index is 0.331. The van der Waals surface area contributed by atoms with Gasteiger partial charge in [0.25, 0.3) is 0 Å². The topological polar surface area (TPSA) is 52.6 Å². The van der Waals surface area contributed by atoms with Crippen molar-refractivity contribution in [3.8, 4) is 0 Å². The normalized spacial score (nSPS) is 15.1. The standard InChI is InChI=1S/C17H22O4/c1-20-16(18)14-11-12-8-6-4-3-5-7-9-13(10-12)15(14)17(19)21-2/h10-11H,3-9H2,1-2H3. The molecule has 0 fully saturated rings. The molecule has 0 unspecified atom stereocenters. The number of esters is 2. The first-order valence-corrected chi connectivity index (χ1v) is 7.49. The summed E-state index contributed by atoms with van der Waals surface area (Å²) in [4.78, 5) is 24.1. The molecule has 0 saturated heterocycles. The zero-order valence-electron chi connectivity index (χ0n) is 12.7. The van der Waals surface area contributed by atoms with Gasteiger partial charge in [-0.1, -0.05) is 25.3 Å². The summed E-state index contributed by atoms with van der Waals surface area (Å²) < 4.78 is 9.69. The Kier molecular flexibility index (Phi) is 5.37. The predicted octanol–water partition coefficient (Wildman–Crippen LogP) is 3.31. The monoisotopic (exact) mass is 290 g/mol. The van der Waals surface area contributed by atoms with Crippen LogP contribution < -0.4 is 0 Å². The van der Waals surface area contributed by atoms with Gasteiger partial charge < -0.3 is 9.47 Å². The third-order valence-electron chi connectivity index (χ3n) is 3.99. The first-order valence-electron chi connectivity index (χ1n) is 7.49.